The molecular weight excluding hydrogens is 378 g/mol. The first kappa shape index (κ1) is 20.0. The number of carbonyl (C=O) groups excluding carboxylic acids is 2. The summed E-state index contributed by atoms with van der Waals surface area (Å²) in [5.41, 5.74) is 0.427. The van der Waals surface area contributed by atoms with Crippen molar-refractivity contribution in [2.24, 2.45) is 0 Å². The summed E-state index contributed by atoms with van der Waals surface area (Å²) in [5.74, 6) is -0.554. The van der Waals surface area contributed by atoms with Crippen LogP contribution in [0.25, 0.3) is 0 Å². The molecule has 2 rings (SSSR count). The Balaban J connectivity index is 2.10. The third kappa shape index (κ3) is 5.58. The normalized spacial score (nSPS) is 10.0. The first-order chi connectivity index (χ1) is 12.8. The average molecular weight is 394 g/mol. The third-order valence-corrected chi connectivity index (χ3v) is 3.51. The summed E-state index contributed by atoms with van der Waals surface area (Å²) in [6, 6.07) is 8.57. The van der Waals surface area contributed by atoms with Gasteiger partial charge < -0.3 is 20.1 Å². The Morgan fingerprint density at radius 3 is 2.48 bits per heavy atom. The van der Waals surface area contributed by atoms with Gasteiger partial charge >= 0.3 is 5.69 Å². The monoisotopic (exact) mass is 393 g/mol. The molecule has 0 heterocycles. The van der Waals surface area contributed by atoms with Gasteiger partial charge in [-0.25, -0.2) is 0 Å². The number of anilines is 2. The molecule has 2 N–H and O–H groups in total. The van der Waals surface area contributed by atoms with Gasteiger partial charge in [0.1, 0.15) is 5.75 Å². The highest BCUT2D eigenvalue weighted by Gasteiger charge is 2.17. The quantitative estimate of drug-likeness (QED) is 0.550. The van der Waals surface area contributed by atoms with Crippen molar-refractivity contribution >= 4 is 40.5 Å². The zero-order valence-electron chi connectivity index (χ0n) is 14.4. The molecule has 10 heteroatoms. The Bertz CT molecular complexity index is 887. The fraction of sp³-hybridized carbons (Fsp3) is 0.176. The molecule has 142 valence electrons. The zero-order valence-corrected chi connectivity index (χ0v) is 15.2. The smallest absolute Gasteiger partial charge is 0.312 e. The van der Waals surface area contributed by atoms with Gasteiger partial charge in [0, 0.05) is 23.7 Å². The maximum Gasteiger partial charge on any atom is 0.312 e. The van der Waals surface area contributed by atoms with Crippen LogP contribution in [0.2, 0.25) is 5.02 Å². The van der Waals surface area contributed by atoms with E-state index in [2.05, 4.69) is 10.6 Å². The van der Waals surface area contributed by atoms with Crippen molar-refractivity contribution in [3.63, 3.8) is 0 Å². The number of nitrogens with zero attached hydrogens (tertiary/aromatic N) is 1. The molecular formula is C17H16ClN3O6. The summed E-state index contributed by atoms with van der Waals surface area (Å²) < 4.78 is 10.4. The number of nitrogens with one attached hydrogen (secondary N) is 2. The van der Waals surface area contributed by atoms with Crippen LogP contribution < -0.4 is 20.1 Å². The second-order valence-corrected chi connectivity index (χ2v) is 5.74. The Labute approximate surface area is 159 Å². The summed E-state index contributed by atoms with van der Waals surface area (Å²) in [7, 11) is 1.43. The van der Waals surface area contributed by atoms with Gasteiger partial charge in [0.15, 0.2) is 12.4 Å². The molecule has 0 aliphatic heterocycles. The van der Waals surface area contributed by atoms with Crippen molar-refractivity contribution in [1.82, 2.24) is 0 Å². The molecule has 0 spiro atoms. The van der Waals surface area contributed by atoms with E-state index < -0.39 is 17.4 Å². The molecule has 0 aliphatic rings. The Morgan fingerprint density at radius 1 is 1.15 bits per heavy atom. The number of benzene rings is 2. The molecule has 0 unspecified atom stereocenters. The number of rotatable bonds is 7. The fourth-order valence-corrected chi connectivity index (χ4v) is 2.34. The number of hydrogen-bond donors (Lipinski definition) is 2. The predicted octanol–water partition coefficient (Wildman–Crippen LogP) is 3.23. The van der Waals surface area contributed by atoms with Crippen LogP contribution in [0.1, 0.15) is 6.92 Å². The van der Waals surface area contributed by atoms with Crippen LogP contribution in [0, 0.1) is 10.1 Å². The lowest BCUT2D eigenvalue weighted by Gasteiger charge is -2.13. The van der Waals surface area contributed by atoms with Crippen LogP contribution >= 0.6 is 11.6 Å². The molecule has 0 aliphatic carbocycles. The average Bonchev–Trinajstić information content (AvgIpc) is 2.60. The van der Waals surface area contributed by atoms with Crippen LogP contribution in [0.5, 0.6) is 11.5 Å². The number of nitro groups is 1. The van der Waals surface area contributed by atoms with Gasteiger partial charge in [0.25, 0.3) is 5.91 Å². The lowest BCUT2D eigenvalue weighted by molar-refractivity contribution is -0.385. The number of halogens is 1. The van der Waals surface area contributed by atoms with Crippen LogP contribution in [0.15, 0.2) is 36.4 Å². The fourth-order valence-electron chi connectivity index (χ4n) is 2.17. The van der Waals surface area contributed by atoms with Gasteiger partial charge in [-0.3, -0.25) is 19.7 Å². The van der Waals surface area contributed by atoms with E-state index in [1.54, 1.807) is 12.1 Å². The lowest BCUT2D eigenvalue weighted by atomic mass is 10.2. The molecule has 0 atom stereocenters. The summed E-state index contributed by atoms with van der Waals surface area (Å²) in [4.78, 5) is 33.7. The number of nitro benzene ring substituents is 1. The second-order valence-electron chi connectivity index (χ2n) is 5.30. The van der Waals surface area contributed by atoms with Gasteiger partial charge in [-0.1, -0.05) is 11.6 Å². The number of methoxy groups -OCH3 is 1. The van der Waals surface area contributed by atoms with Crippen LogP contribution in [0.3, 0.4) is 0 Å². The molecule has 2 aromatic carbocycles. The van der Waals surface area contributed by atoms with Gasteiger partial charge in [-0.05, 0) is 30.3 Å². The molecule has 0 fully saturated rings. The SMILES string of the molecule is COc1ccc(NC(C)=O)cc1NC(=O)COc1ccc(Cl)cc1[N+](=O)[O-]. The molecule has 0 aromatic heterocycles. The highest BCUT2D eigenvalue weighted by Crippen LogP contribution is 2.30. The van der Waals surface area contributed by atoms with Crippen molar-refractivity contribution in [2.75, 3.05) is 24.4 Å². The molecule has 0 radical (unpaired) electrons. The second kappa shape index (κ2) is 8.86. The minimum Gasteiger partial charge on any atom is -0.495 e. The number of amides is 2. The van der Waals surface area contributed by atoms with Crippen LogP contribution in [0.4, 0.5) is 17.1 Å². The molecule has 0 bridgehead atoms. The Hall–Kier alpha value is -3.33. The standard InChI is InChI=1S/C17H16ClN3O6/c1-10(22)19-12-4-6-15(26-2)13(8-12)20-17(23)9-27-16-5-3-11(18)7-14(16)21(24)25/h3-8H,9H2,1-2H3,(H,19,22)(H,20,23). The Morgan fingerprint density at radius 2 is 1.85 bits per heavy atom. The van der Waals surface area contributed by atoms with Crippen LogP contribution in [-0.4, -0.2) is 30.5 Å². The van der Waals surface area contributed by atoms with Gasteiger partial charge in [0.05, 0.1) is 17.7 Å². The molecule has 0 saturated heterocycles. The summed E-state index contributed by atoms with van der Waals surface area (Å²) in [5, 5.41) is 16.4. The van der Waals surface area contributed by atoms with Crippen molar-refractivity contribution in [1.29, 1.82) is 0 Å². The first-order valence-corrected chi connectivity index (χ1v) is 8.00. The summed E-state index contributed by atoms with van der Waals surface area (Å²) >= 11 is 5.73. The first-order valence-electron chi connectivity index (χ1n) is 7.62. The van der Waals surface area contributed by atoms with Crippen molar-refractivity contribution in [3.05, 3.63) is 51.5 Å². The molecule has 9 nitrogen and oxygen atoms in total. The lowest BCUT2D eigenvalue weighted by Crippen LogP contribution is -2.21. The number of carbonyl (C=O) groups is 2. The van der Waals surface area contributed by atoms with Crippen molar-refractivity contribution in [3.8, 4) is 11.5 Å². The molecule has 27 heavy (non-hydrogen) atoms. The maximum absolute atomic E-state index is 12.2. The van der Waals surface area contributed by atoms with E-state index in [0.717, 1.165) is 6.07 Å². The topological polar surface area (TPSA) is 120 Å². The van der Waals surface area contributed by atoms with Crippen LogP contribution in [-0.2, 0) is 9.59 Å². The van der Waals surface area contributed by atoms with E-state index in [1.165, 1.54) is 32.2 Å². The minimum absolute atomic E-state index is 0.0847. The molecule has 0 saturated carbocycles. The predicted molar refractivity (Wildman–Crippen MR) is 99.5 cm³/mol. The highest BCUT2D eigenvalue weighted by atomic mass is 35.5. The van der Waals surface area contributed by atoms with Crippen molar-refractivity contribution < 1.29 is 24.0 Å². The Kier molecular flexibility index (Phi) is 6.56. The zero-order chi connectivity index (χ0) is 20.0. The highest BCUT2D eigenvalue weighted by molar-refractivity contribution is 6.30. The molecule has 2 aromatic rings. The third-order valence-electron chi connectivity index (χ3n) is 3.27. The summed E-state index contributed by atoms with van der Waals surface area (Å²) in [6.07, 6.45) is 0. The number of hydrogen-bond acceptors (Lipinski definition) is 6. The van der Waals surface area contributed by atoms with Crippen molar-refractivity contribution in [2.45, 2.75) is 6.92 Å². The molecule has 2 amide bonds. The van der Waals surface area contributed by atoms with E-state index in [0.29, 0.717) is 17.1 Å². The van der Waals surface area contributed by atoms with Gasteiger partial charge in [0.2, 0.25) is 5.91 Å². The summed E-state index contributed by atoms with van der Waals surface area (Å²) in [6.45, 7) is 0.880. The van der Waals surface area contributed by atoms with Gasteiger partial charge in [-0.15, -0.1) is 0 Å². The van der Waals surface area contributed by atoms with Gasteiger partial charge in [-0.2, -0.15) is 0 Å². The van der Waals surface area contributed by atoms with E-state index in [1.807, 2.05) is 0 Å². The number of ether oxygens (including phenoxy) is 2. The van der Waals surface area contributed by atoms with E-state index in [-0.39, 0.29) is 22.4 Å². The van der Waals surface area contributed by atoms with E-state index in [9.17, 15) is 19.7 Å². The van der Waals surface area contributed by atoms with E-state index in [4.69, 9.17) is 21.1 Å². The maximum atomic E-state index is 12.2. The largest absolute Gasteiger partial charge is 0.495 e. The minimum atomic E-state index is -0.654. The van der Waals surface area contributed by atoms with E-state index >= 15 is 0 Å².